The van der Waals surface area contributed by atoms with E-state index < -0.39 is 15.6 Å². The molecule has 1 aromatic carbocycles. The van der Waals surface area contributed by atoms with E-state index in [0.717, 1.165) is 5.56 Å². The van der Waals surface area contributed by atoms with Crippen LogP contribution < -0.4 is 15.2 Å². The van der Waals surface area contributed by atoms with E-state index in [-0.39, 0.29) is 23.8 Å². The van der Waals surface area contributed by atoms with Gasteiger partial charge in [0, 0.05) is 12.1 Å². The summed E-state index contributed by atoms with van der Waals surface area (Å²) >= 11 is 0. The number of aryl methyl sites for hydroxylation is 2. The molecule has 7 heteroatoms. The normalized spacial score (nSPS) is 11.9. The van der Waals surface area contributed by atoms with Crippen molar-refractivity contribution in [3.05, 3.63) is 23.3 Å². The quantitative estimate of drug-likeness (QED) is 0.791. The number of rotatable bonds is 7. The number of ether oxygens (including phenoxy) is 1. The van der Waals surface area contributed by atoms with E-state index in [0.29, 0.717) is 24.2 Å². The van der Waals surface area contributed by atoms with E-state index in [2.05, 4.69) is 4.72 Å². The van der Waals surface area contributed by atoms with Crippen LogP contribution in [0.15, 0.2) is 17.0 Å². The molecule has 128 valence electrons. The van der Waals surface area contributed by atoms with Crippen molar-refractivity contribution in [2.75, 3.05) is 13.7 Å². The summed E-state index contributed by atoms with van der Waals surface area (Å²) in [6.07, 6.45) is 1.29. The molecule has 0 aliphatic heterocycles. The number of methoxy groups -OCH3 is 1. The van der Waals surface area contributed by atoms with Crippen molar-refractivity contribution >= 4 is 22.4 Å². The molecular formula is C15H27ClN2O3S. The van der Waals surface area contributed by atoms with Gasteiger partial charge in [0.2, 0.25) is 10.0 Å². The van der Waals surface area contributed by atoms with Crippen LogP contribution in [0.25, 0.3) is 0 Å². The molecule has 0 atom stereocenters. The van der Waals surface area contributed by atoms with Crippen molar-refractivity contribution in [1.29, 1.82) is 0 Å². The van der Waals surface area contributed by atoms with Gasteiger partial charge < -0.3 is 10.5 Å². The van der Waals surface area contributed by atoms with Gasteiger partial charge in [0.15, 0.2) is 0 Å². The zero-order chi connectivity index (χ0) is 16.3. The molecule has 0 heterocycles. The highest BCUT2D eigenvalue weighted by Crippen LogP contribution is 2.27. The van der Waals surface area contributed by atoms with Crippen LogP contribution in [0.3, 0.4) is 0 Å². The molecule has 0 radical (unpaired) electrons. The first-order valence-electron chi connectivity index (χ1n) is 7.14. The summed E-state index contributed by atoms with van der Waals surface area (Å²) in [5, 5.41) is 0. The van der Waals surface area contributed by atoms with Gasteiger partial charge in [0.1, 0.15) is 5.75 Å². The predicted molar refractivity (Wildman–Crippen MR) is 92.4 cm³/mol. The minimum absolute atomic E-state index is 0. The van der Waals surface area contributed by atoms with Gasteiger partial charge in [-0.25, -0.2) is 13.1 Å². The second-order valence-corrected chi connectivity index (χ2v) is 7.04. The molecule has 0 aliphatic carbocycles. The van der Waals surface area contributed by atoms with Crippen molar-refractivity contribution in [2.24, 2.45) is 5.73 Å². The van der Waals surface area contributed by atoms with Gasteiger partial charge in [0.25, 0.3) is 0 Å². The molecule has 0 aliphatic rings. The minimum atomic E-state index is -3.62. The van der Waals surface area contributed by atoms with Crippen molar-refractivity contribution in [1.82, 2.24) is 4.72 Å². The number of nitrogens with two attached hydrogens (primary N) is 1. The highest BCUT2D eigenvalue weighted by atomic mass is 35.5. The van der Waals surface area contributed by atoms with Crippen LogP contribution in [0, 0.1) is 13.8 Å². The average Bonchev–Trinajstić information content (AvgIpc) is 2.46. The van der Waals surface area contributed by atoms with Gasteiger partial charge in [-0.2, -0.15) is 0 Å². The topological polar surface area (TPSA) is 81.4 Å². The number of halogens is 1. The Morgan fingerprint density at radius 2 is 1.73 bits per heavy atom. The number of hydrogen-bond acceptors (Lipinski definition) is 4. The summed E-state index contributed by atoms with van der Waals surface area (Å²) in [7, 11) is -2.05. The van der Waals surface area contributed by atoms with E-state index in [1.54, 1.807) is 26.2 Å². The van der Waals surface area contributed by atoms with Gasteiger partial charge in [-0.05, 0) is 49.9 Å². The fourth-order valence-electron chi connectivity index (χ4n) is 2.34. The molecular weight excluding hydrogens is 324 g/mol. The maximum atomic E-state index is 12.7. The van der Waals surface area contributed by atoms with Gasteiger partial charge in [-0.15, -0.1) is 12.4 Å². The lowest BCUT2D eigenvalue weighted by molar-refractivity contribution is 0.363. The molecule has 0 saturated heterocycles. The molecule has 0 fully saturated rings. The largest absolute Gasteiger partial charge is 0.496 e. The van der Waals surface area contributed by atoms with Crippen molar-refractivity contribution in [2.45, 2.75) is 51.0 Å². The summed E-state index contributed by atoms with van der Waals surface area (Å²) in [5.41, 5.74) is 6.63. The monoisotopic (exact) mass is 350 g/mol. The SMILES string of the molecule is CCC(CC)(CN)NS(=O)(=O)c1cc(C)c(OC)cc1C.Cl. The maximum absolute atomic E-state index is 12.7. The molecule has 0 bridgehead atoms. The molecule has 22 heavy (non-hydrogen) atoms. The third kappa shape index (κ3) is 4.35. The van der Waals surface area contributed by atoms with Crippen LogP contribution >= 0.6 is 12.4 Å². The van der Waals surface area contributed by atoms with E-state index in [4.69, 9.17) is 10.5 Å². The fourth-order valence-corrected chi connectivity index (χ4v) is 4.20. The highest BCUT2D eigenvalue weighted by Gasteiger charge is 2.31. The van der Waals surface area contributed by atoms with E-state index in [9.17, 15) is 8.42 Å². The standard InChI is InChI=1S/C15H26N2O3S.ClH/c1-6-15(7-2,10-16)17-21(18,19)14-9-11(3)13(20-5)8-12(14)4;/h8-9,17H,6-7,10,16H2,1-5H3;1H. The van der Waals surface area contributed by atoms with Gasteiger partial charge >= 0.3 is 0 Å². The number of sulfonamides is 1. The first-order valence-corrected chi connectivity index (χ1v) is 8.62. The van der Waals surface area contributed by atoms with Gasteiger partial charge in [0.05, 0.1) is 12.0 Å². The Kier molecular flexibility index (Phi) is 7.85. The number of benzene rings is 1. The Balaban J connectivity index is 0.00000441. The van der Waals surface area contributed by atoms with Gasteiger partial charge in [-0.1, -0.05) is 13.8 Å². The highest BCUT2D eigenvalue weighted by molar-refractivity contribution is 7.89. The zero-order valence-electron chi connectivity index (χ0n) is 13.9. The summed E-state index contributed by atoms with van der Waals surface area (Å²) < 4.78 is 33.4. The molecule has 1 aromatic rings. The van der Waals surface area contributed by atoms with E-state index in [1.165, 1.54) is 0 Å². The lowest BCUT2D eigenvalue weighted by Gasteiger charge is -2.31. The molecule has 1 rings (SSSR count). The van der Waals surface area contributed by atoms with E-state index >= 15 is 0 Å². The predicted octanol–water partition coefficient (Wildman–Crippen LogP) is 2.53. The third-order valence-corrected chi connectivity index (χ3v) is 5.80. The van der Waals surface area contributed by atoms with Crippen LogP contribution in [0.1, 0.15) is 37.8 Å². The van der Waals surface area contributed by atoms with Crippen LogP contribution in [-0.2, 0) is 10.0 Å². The smallest absolute Gasteiger partial charge is 0.241 e. The summed E-state index contributed by atoms with van der Waals surface area (Å²) in [4.78, 5) is 0.278. The van der Waals surface area contributed by atoms with Crippen LogP contribution in [0.5, 0.6) is 5.75 Å². The molecule has 0 aromatic heterocycles. The Bertz CT molecular complexity index is 591. The first kappa shape index (κ1) is 21.2. The molecule has 0 unspecified atom stereocenters. The second kappa shape index (κ2) is 8.15. The van der Waals surface area contributed by atoms with Crippen LogP contribution in [0.4, 0.5) is 0 Å². The zero-order valence-corrected chi connectivity index (χ0v) is 15.5. The second-order valence-electron chi connectivity index (χ2n) is 5.38. The fraction of sp³-hybridized carbons (Fsp3) is 0.600. The van der Waals surface area contributed by atoms with Crippen molar-refractivity contribution in [3.63, 3.8) is 0 Å². The first-order chi connectivity index (χ1) is 9.75. The summed E-state index contributed by atoms with van der Waals surface area (Å²) in [5.74, 6) is 0.683. The maximum Gasteiger partial charge on any atom is 0.241 e. The average molecular weight is 351 g/mol. The van der Waals surface area contributed by atoms with Crippen LogP contribution in [-0.4, -0.2) is 27.6 Å². The Morgan fingerprint density at radius 1 is 1.18 bits per heavy atom. The minimum Gasteiger partial charge on any atom is -0.496 e. The molecule has 5 nitrogen and oxygen atoms in total. The Labute approximate surface area is 140 Å². The van der Waals surface area contributed by atoms with Crippen LogP contribution in [0.2, 0.25) is 0 Å². The van der Waals surface area contributed by atoms with Crippen molar-refractivity contribution < 1.29 is 13.2 Å². The molecule has 0 amide bonds. The lowest BCUT2D eigenvalue weighted by atomic mass is 9.95. The Hall–Kier alpha value is -0.820. The van der Waals surface area contributed by atoms with Gasteiger partial charge in [-0.3, -0.25) is 0 Å². The summed E-state index contributed by atoms with van der Waals surface area (Å²) in [6.45, 7) is 7.73. The Morgan fingerprint density at radius 3 is 2.14 bits per heavy atom. The molecule has 0 spiro atoms. The molecule has 0 saturated carbocycles. The van der Waals surface area contributed by atoms with Crippen molar-refractivity contribution in [3.8, 4) is 5.75 Å². The molecule has 3 N–H and O–H groups in total. The number of nitrogens with one attached hydrogen (secondary N) is 1. The van der Waals surface area contributed by atoms with E-state index in [1.807, 2.05) is 20.8 Å². The lowest BCUT2D eigenvalue weighted by Crippen LogP contribution is -2.52. The summed E-state index contributed by atoms with van der Waals surface area (Å²) in [6, 6.07) is 3.38. The third-order valence-electron chi connectivity index (χ3n) is 4.08. The number of hydrogen-bond donors (Lipinski definition) is 2.